The van der Waals surface area contributed by atoms with Crippen LogP contribution in [0.4, 0.5) is 16.2 Å². The van der Waals surface area contributed by atoms with Crippen LogP contribution in [0.3, 0.4) is 0 Å². The highest BCUT2D eigenvalue weighted by Gasteiger charge is 2.11. The van der Waals surface area contributed by atoms with Crippen LogP contribution >= 0.6 is 0 Å². The summed E-state index contributed by atoms with van der Waals surface area (Å²) in [5.41, 5.74) is 0.911. The number of carbonyl (C=O) groups is 1. The molecule has 2 rings (SSSR count). The summed E-state index contributed by atoms with van der Waals surface area (Å²) in [5.74, 6) is 0.843. The van der Waals surface area contributed by atoms with Crippen molar-refractivity contribution < 1.29 is 19.0 Å². The lowest BCUT2D eigenvalue weighted by Gasteiger charge is -2.11. The third-order valence-corrected chi connectivity index (χ3v) is 2.68. The molecule has 0 fully saturated rings. The number of urea groups is 1. The second kappa shape index (κ2) is 7.11. The summed E-state index contributed by atoms with van der Waals surface area (Å²) in [6.07, 6.45) is 1.40. The highest BCUT2D eigenvalue weighted by Crippen LogP contribution is 2.23. The van der Waals surface area contributed by atoms with Gasteiger partial charge in [-0.1, -0.05) is 6.07 Å². The minimum atomic E-state index is -0.458. The molecule has 2 N–H and O–H groups in total. The Morgan fingerprint density at radius 2 is 1.91 bits per heavy atom. The molecule has 0 unspecified atom stereocenters. The Bertz CT molecular complexity index is 663. The fourth-order valence-electron chi connectivity index (χ4n) is 1.68. The average Bonchev–Trinajstić information content (AvgIpc) is 2.55. The van der Waals surface area contributed by atoms with Crippen molar-refractivity contribution in [1.29, 1.82) is 0 Å². The Morgan fingerprint density at radius 1 is 1.09 bits per heavy atom. The van der Waals surface area contributed by atoms with Crippen molar-refractivity contribution in [2.24, 2.45) is 0 Å². The molecule has 0 aliphatic carbocycles. The van der Waals surface area contributed by atoms with Crippen LogP contribution in [0, 0.1) is 0 Å². The minimum absolute atomic E-state index is 0.149. The maximum absolute atomic E-state index is 12.0. The monoisotopic (exact) mass is 304 g/mol. The second-order valence-electron chi connectivity index (χ2n) is 4.09. The Hall–Kier alpha value is -3.03. The predicted octanol–water partition coefficient (Wildman–Crippen LogP) is 2.15. The number of hydrogen-bond donors (Lipinski definition) is 2. The van der Waals surface area contributed by atoms with E-state index < -0.39 is 6.03 Å². The van der Waals surface area contributed by atoms with Crippen molar-refractivity contribution in [3.05, 3.63) is 30.5 Å². The normalized spacial score (nSPS) is 9.77. The van der Waals surface area contributed by atoms with Crippen LogP contribution in [-0.2, 0) is 0 Å². The summed E-state index contributed by atoms with van der Waals surface area (Å²) in [6, 6.07) is 6.68. The topological polar surface area (TPSA) is 94.6 Å². The maximum Gasteiger partial charge on any atom is 0.323 e. The van der Waals surface area contributed by atoms with Crippen molar-refractivity contribution in [1.82, 2.24) is 9.97 Å². The molecule has 0 spiro atoms. The van der Waals surface area contributed by atoms with E-state index in [-0.39, 0.29) is 11.9 Å². The van der Waals surface area contributed by atoms with Gasteiger partial charge in [0.15, 0.2) is 0 Å². The van der Waals surface area contributed by atoms with Crippen LogP contribution in [0.15, 0.2) is 30.5 Å². The molecule has 0 aliphatic rings. The first-order valence-corrected chi connectivity index (χ1v) is 6.33. The summed E-state index contributed by atoms with van der Waals surface area (Å²) in [6.45, 7) is 0. The first kappa shape index (κ1) is 15.4. The minimum Gasteiger partial charge on any atom is -0.497 e. The van der Waals surface area contributed by atoms with Crippen molar-refractivity contribution >= 4 is 17.4 Å². The van der Waals surface area contributed by atoms with Crippen molar-refractivity contribution in [2.45, 2.75) is 0 Å². The molecule has 1 aromatic carbocycles. The molecule has 0 saturated carbocycles. The molecule has 22 heavy (non-hydrogen) atoms. The first-order chi connectivity index (χ1) is 10.7. The number of nitrogens with one attached hydrogen (secondary N) is 2. The lowest BCUT2D eigenvalue weighted by Crippen LogP contribution is -2.20. The highest BCUT2D eigenvalue weighted by molar-refractivity contribution is 6.00. The van der Waals surface area contributed by atoms with Crippen LogP contribution in [0.1, 0.15) is 0 Å². The summed E-state index contributed by atoms with van der Waals surface area (Å²) >= 11 is 0. The quantitative estimate of drug-likeness (QED) is 0.879. The van der Waals surface area contributed by atoms with Crippen molar-refractivity contribution in [3.8, 4) is 17.6 Å². The standard InChI is InChI=1S/C14H16N4O4/c1-20-10-6-4-5-9(7-10)16-13(19)17-11-8-15-14(22-3)18-12(11)21-2/h4-8H,1-3H3,(H2,16,17,19). The van der Waals surface area contributed by atoms with Gasteiger partial charge in [-0.3, -0.25) is 0 Å². The zero-order valence-corrected chi connectivity index (χ0v) is 12.4. The number of carbonyl (C=O) groups excluding carboxylic acids is 1. The molecule has 2 aromatic rings. The molecule has 0 radical (unpaired) electrons. The van der Waals surface area contributed by atoms with E-state index in [1.54, 1.807) is 31.4 Å². The molecular formula is C14H16N4O4. The summed E-state index contributed by atoms with van der Waals surface area (Å²) in [5, 5.41) is 5.27. The fraction of sp³-hybridized carbons (Fsp3) is 0.214. The number of methoxy groups -OCH3 is 3. The van der Waals surface area contributed by atoms with Gasteiger partial charge >= 0.3 is 12.0 Å². The van der Waals surface area contributed by atoms with Gasteiger partial charge in [0.1, 0.15) is 11.4 Å². The third kappa shape index (κ3) is 3.75. The Labute approximate surface area is 127 Å². The molecule has 2 amide bonds. The first-order valence-electron chi connectivity index (χ1n) is 6.33. The zero-order valence-electron chi connectivity index (χ0n) is 12.4. The molecular weight excluding hydrogens is 288 g/mol. The summed E-state index contributed by atoms with van der Waals surface area (Å²) in [4.78, 5) is 19.9. The molecule has 8 heteroatoms. The summed E-state index contributed by atoms with van der Waals surface area (Å²) in [7, 11) is 4.43. The predicted molar refractivity (Wildman–Crippen MR) is 80.8 cm³/mol. The van der Waals surface area contributed by atoms with Gasteiger partial charge < -0.3 is 24.8 Å². The van der Waals surface area contributed by atoms with Gasteiger partial charge in [0, 0.05) is 11.8 Å². The lowest BCUT2D eigenvalue weighted by molar-refractivity contribution is 0.262. The van der Waals surface area contributed by atoms with Gasteiger partial charge in [-0.25, -0.2) is 9.78 Å². The van der Waals surface area contributed by atoms with Gasteiger partial charge in [-0.05, 0) is 12.1 Å². The third-order valence-electron chi connectivity index (χ3n) is 2.68. The van der Waals surface area contributed by atoms with Crippen molar-refractivity contribution in [2.75, 3.05) is 32.0 Å². The number of benzene rings is 1. The number of rotatable bonds is 5. The van der Waals surface area contributed by atoms with E-state index in [1.165, 1.54) is 20.4 Å². The van der Waals surface area contributed by atoms with E-state index in [0.29, 0.717) is 17.1 Å². The van der Waals surface area contributed by atoms with Gasteiger partial charge in [-0.15, -0.1) is 0 Å². The number of hydrogen-bond acceptors (Lipinski definition) is 6. The molecule has 0 saturated heterocycles. The van der Waals surface area contributed by atoms with E-state index in [0.717, 1.165) is 0 Å². The molecule has 1 aromatic heterocycles. The van der Waals surface area contributed by atoms with E-state index in [4.69, 9.17) is 14.2 Å². The molecule has 8 nitrogen and oxygen atoms in total. The van der Waals surface area contributed by atoms with Crippen LogP contribution in [0.2, 0.25) is 0 Å². The summed E-state index contributed by atoms with van der Waals surface area (Å²) < 4.78 is 15.1. The number of anilines is 2. The van der Waals surface area contributed by atoms with E-state index in [1.807, 2.05) is 0 Å². The van der Waals surface area contributed by atoms with Crippen molar-refractivity contribution in [3.63, 3.8) is 0 Å². The molecule has 0 aliphatic heterocycles. The van der Waals surface area contributed by atoms with Gasteiger partial charge in [0.2, 0.25) is 5.88 Å². The maximum atomic E-state index is 12.0. The smallest absolute Gasteiger partial charge is 0.323 e. The number of aromatic nitrogens is 2. The van der Waals surface area contributed by atoms with Gasteiger partial charge in [-0.2, -0.15) is 4.98 Å². The van der Waals surface area contributed by atoms with Gasteiger partial charge in [0.25, 0.3) is 0 Å². The molecule has 0 bridgehead atoms. The van der Waals surface area contributed by atoms with Gasteiger partial charge in [0.05, 0.1) is 27.5 Å². The van der Waals surface area contributed by atoms with E-state index in [9.17, 15) is 4.79 Å². The van der Waals surface area contributed by atoms with Crippen LogP contribution < -0.4 is 24.8 Å². The van der Waals surface area contributed by atoms with E-state index >= 15 is 0 Å². The number of nitrogens with zero attached hydrogens (tertiary/aromatic N) is 2. The highest BCUT2D eigenvalue weighted by atomic mass is 16.5. The zero-order chi connectivity index (χ0) is 15.9. The van der Waals surface area contributed by atoms with Crippen LogP contribution in [0.5, 0.6) is 17.6 Å². The largest absolute Gasteiger partial charge is 0.497 e. The molecule has 116 valence electrons. The van der Waals surface area contributed by atoms with Crippen LogP contribution in [0.25, 0.3) is 0 Å². The fourth-order valence-corrected chi connectivity index (χ4v) is 1.68. The Morgan fingerprint density at radius 3 is 2.59 bits per heavy atom. The number of amides is 2. The molecule has 0 atom stereocenters. The Balaban J connectivity index is 2.08. The van der Waals surface area contributed by atoms with E-state index in [2.05, 4.69) is 20.6 Å². The lowest BCUT2D eigenvalue weighted by atomic mass is 10.3. The molecule has 1 heterocycles. The Kier molecular flexibility index (Phi) is 4.97. The average molecular weight is 304 g/mol. The number of ether oxygens (including phenoxy) is 3. The second-order valence-corrected chi connectivity index (χ2v) is 4.09. The van der Waals surface area contributed by atoms with Crippen LogP contribution in [-0.4, -0.2) is 37.3 Å². The SMILES string of the molecule is COc1cccc(NC(=O)Nc2cnc(OC)nc2OC)c1.